The molecule has 624 valence electrons. The van der Waals surface area contributed by atoms with E-state index in [4.69, 9.17) is 34.3 Å². The van der Waals surface area contributed by atoms with E-state index in [-0.39, 0.29) is 0 Å². The predicted octanol–water partition coefficient (Wildman–Crippen LogP) is 32.2. The van der Waals surface area contributed by atoms with Crippen LogP contribution < -0.4 is 0 Å². The molecule has 0 saturated heterocycles. The number of para-hydroxylation sites is 9. The molecule has 0 bridgehead atoms. The standard InChI is InChI=1S/C48H30N4.C38H23N3O.C36H21N3S/c1-3-14-32(15-4-1)47-48(50-41-21-11-10-20-40(41)49-47)52-42-22-12-9-19-37(42)38-29-33(24-26-43(38)52)34-25-27-44-39(30-34)46-36-18-8-7-13-31(36)23-28-45(46)51(44)35-16-5-2-6-17-35;1-2-10-24(11-3-1)25-18-20-26(21-19-25)36-29-13-4-7-15-31(29)39-38(40-36)41-32-16-8-5-14-30(32)35-33(41)23-22-28-27-12-6-9-17-34(27)42-37(28)35;1-2-12-22(13-3-1)33-25-16-6-9-19-28(25)37-36(38-33)39-29-20-10-7-17-26(29)31-23-14-4-5-15-24(23)32-27-18-8-11-21-30(27)40-35(32)34(31)39/h1-30H;1-23H;1-21H. The van der Waals surface area contributed by atoms with Crippen molar-refractivity contribution in [1.82, 2.24) is 48.2 Å². The van der Waals surface area contributed by atoms with Gasteiger partial charge in [0.1, 0.15) is 16.9 Å². The van der Waals surface area contributed by atoms with Gasteiger partial charge in [-0.2, -0.15) is 0 Å². The van der Waals surface area contributed by atoms with Gasteiger partial charge in [0.2, 0.25) is 11.9 Å². The Morgan fingerprint density at radius 3 is 1.30 bits per heavy atom. The van der Waals surface area contributed by atoms with E-state index in [2.05, 4.69) is 400 Å². The van der Waals surface area contributed by atoms with E-state index in [1.54, 1.807) is 0 Å². The number of benzene rings is 20. The molecule has 12 heteroatoms. The van der Waals surface area contributed by atoms with Gasteiger partial charge in [-0.15, -0.1) is 11.3 Å². The van der Waals surface area contributed by atoms with Crippen molar-refractivity contribution in [2.45, 2.75) is 0 Å². The SMILES string of the molecule is c1ccc(-c2ccc(-c3nc(-n4c5ccccc5c5c6oc7ccccc7c6ccc54)nc4ccccc34)cc2)cc1.c1ccc(-c2nc(-n3c4ccccc4c4c5ccccc5c5c6ccccc6sc5c43)nc3ccccc23)cc1.c1ccc(-c2nc3ccccc3nc2-n2c3ccccc3c3cc(-c4ccc5c(c4)c4c6ccccc6ccc4n5-c4ccccc4)ccc32)cc1. The van der Waals surface area contributed by atoms with Crippen molar-refractivity contribution >= 4 is 195 Å². The summed E-state index contributed by atoms with van der Waals surface area (Å²) in [7, 11) is 0. The largest absolute Gasteiger partial charge is 0.455 e. The molecule has 0 saturated carbocycles. The zero-order valence-corrected chi connectivity index (χ0v) is 72.8. The Bertz CT molecular complexity index is 9840. The summed E-state index contributed by atoms with van der Waals surface area (Å²) in [6, 6.07) is 158. The first-order chi connectivity index (χ1) is 66.5. The van der Waals surface area contributed by atoms with E-state index in [1.807, 2.05) is 78.1 Å². The van der Waals surface area contributed by atoms with Gasteiger partial charge in [-0.05, 0) is 153 Å². The molecule has 0 aliphatic rings. The van der Waals surface area contributed by atoms with Gasteiger partial charge in [0.25, 0.3) is 0 Å². The van der Waals surface area contributed by atoms with Crippen LogP contribution >= 0.6 is 11.3 Å². The van der Waals surface area contributed by atoms with E-state index in [0.29, 0.717) is 11.9 Å². The fourth-order valence-corrected chi connectivity index (χ4v) is 22.0. The molecule has 0 amide bonds. The molecule has 0 unspecified atom stereocenters. The van der Waals surface area contributed by atoms with Gasteiger partial charge in [-0.25, -0.2) is 29.9 Å². The maximum atomic E-state index is 6.48. The van der Waals surface area contributed by atoms with Gasteiger partial charge in [-0.1, -0.05) is 340 Å². The van der Waals surface area contributed by atoms with Crippen LogP contribution in [-0.4, -0.2) is 48.2 Å². The van der Waals surface area contributed by atoms with Crippen LogP contribution in [0.5, 0.6) is 0 Å². The topological polar surface area (TPSA) is 110 Å². The van der Waals surface area contributed by atoms with Crippen molar-refractivity contribution in [2.75, 3.05) is 0 Å². The lowest BCUT2D eigenvalue weighted by molar-refractivity contribution is 0.673. The molecule has 0 atom stereocenters. The summed E-state index contributed by atoms with van der Waals surface area (Å²) in [6.07, 6.45) is 0. The van der Waals surface area contributed by atoms with Crippen LogP contribution in [-0.2, 0) is 0 Å². The molecule has 20 aromatic carbocycles. The van der Waals surface area contributed by atoms with Gasteiger partial charge >= 0.3 is 0 Å². The summed E-state index contributed by atoms with van der Waals surface area (Å²) in [5, 5.41) is 21.5. The maximum absolute atomic E-state index is 6.48. The normalized spacial score (nSPS) is 11.9. The Morgan fingerprint density at radius 1 is 0.209 bits per heavy atom. The molecule has 0 aliphatic carbocycles. The first kappa shape index (κ1) is 76.2. The highest BCUT2D eigenvalue weighted by Gasteiger charge is 2.28. The Hall–Kier alpha value is -17.8. The van der Waals surface area contributed by atoms with Crippen molar-refractivity contribution in [1.29, 1.82) is 0 Å². The van der Waals surface area contributed by atoms with Crippen LogP contribution in [0.4, 0.5) is 0 Å². The Balaban J connectivity index is 0.000000103. The van der Waals surface area contributed by atoms with Crippen LogP contribution in [0.25, 0.3) is 263 Å². The highest BCUT2D eigenvalue weighted by atomic mass is 32.1. The number of thiophene rings is 1. The van der Waals surface area contributed by atoms with Crippen LogP contribution in [0, 0.1) is 0 Å². The molecule has 29 rings (SSSR count). The van der Waals surface area contributed by atoms with Gasteiger partial charge in [0, 0.05) is 97.1 Å². The number of hydrogen-bond donors (Lipinski definition) is 0. The second-order valence-electron chi connectivity index (χ2n) is 34.2. The minimum atomic E-state index is 0.637. The van der Waals surface area contributed by atoms with E-state index >= 15 is 0 Å². The minimum Gasteiger partial charge on any atom is -0.455 e. The fraction of sp³-hybridized carbons (Fsp3) is 0. The van der Waals surface area contributed by atoms with Gasteiger partial charge in [0.15, 0.2) is 5.82 Å². The predicted molar refractivity (Wildman–Crippen MR) is 558 cm³/mol. The van der Waals surface area contributed by atoms with Crippen LogP contribution in [0.15, 0.2) is 453 Å². The molecule has 0 radical (unpaired) electrons. The molecule has 134 heavy (non-hydrogen) atoms. The molecule has 0 fully saturated rings. The van der Waals surface area contributed by atoms with Crippen molar-refractivity contribution in [3.63, 3.8) is 0 Å². The zero-order valence-electron chi connectivity index (χ0n) is 72.0. The van der Waals surface area contributed by atoms with Crippen molar-refractivity contribution in [2.24, 2.45) is 0 Å². The van der Waals surface area contributed by atoms with E-state index in [1.165, 1.54) is 113 Å². The van der Waals surface area contributed by atoms with Crippen molar-refractivity contribution < 1.29 is 4.42 Å². The summed E-state index contributed by atoms with van der Waals surface area (Å²) in [4.78, 5) is 31.4. The van der Waals surface area contributed by atoms with E-state index < -0.39 is 0 Å². The summed E-state index contributed by atoms with van der Waals surface area (Å²) >= 11 is 1.86. The summed E-state index contributed by atoms with van der Waals surface area (Å²) in [5.74, 6) is 2.15. The number of nitrogens with zero attached hydrogens (tertiary/aromatic N) is 10. The molecule has 0 spiro atoms. The molecule has 11 nitrogen and oxygen atoms in total. The van der Waals surface area contributed by atoms with Gasteiger partial charge < -0.3 is 8.98 Å². The van der Waals surface area contributed by atoms with E-state index in [0.717, 1.165) is 138 Å². The van der Waals surface area contributed by atoms with Crippen molar-refractivity contribution in [3.8, 4) is 79.4 Å². The third-order valence-electron chi connectivity index (χ3n) is 26.7. The van der Waals surface area contributed by atoms with Crippen LogP contribution in [0.3, 0.4) is 0 Å². The molecule has 29 aromatic rings. The highest BCUT2D eigenvalue weighted by Crippen LogP contribution is 2.50. The average Bonchev–Trinajstić information content (AvgIpc) is 1.54. The second kappa shape index (κ2) is 31.0. The Morgan fingerprint density at radius 2 is 0.634 bits per heavy atom. The number of aromatic nitrogens is 10. The van der Waals surface area contributed by atoms with Crippen molar-refractivity contribution in [3.05, 3.63) is 449 Å². The van der Waals surface area contributed by atoms with Gasteiger partial charge in [-0.3, -0.25) is 13.7 Å². The fourth-order valence-electron chi connectivity index (χ4n) is 20.7. The molecule has 9 aromatic heterocycles. The number of fused-ring (bicyclic) bond motifs is 28. The lowest BCUT2D eigenvalue weighted by Crippen LogP contribution is -2.03. The minimum absolute atomic E-state index is 0.637. The average molecular weight is 1730 g/mol. The maximum Gasteiger partial charge on any atom is 0.235 e. The zero-order chi connectivity index (χ0) is 88.0. The third-order valence-corrected chi connectivity index (χ3v) is 27.9. The number of hydrogen-bond acceptors (Lipinski definition) is 8. The molecule has 0 aliphatic heterocycles. The smallest absolute Gasteiger partial charge is 0.235 e. The van der Waals surface area contributed by atoms with Crippen LogP contribution in [0.1, 0.15) is 0 Å². The van der Waals surface area contributed by atoms with Gasteiger partial charge in [0.05, 0.1) is 87.7 Å². The third kappa shape index (κ3) is 12.2. The first-order valence-corrected chi connectivity index (χ1v) is 46.0. The Kier molecular flexibility index (Phi) is 17.6. The quantitative estimate of drug-likeness (QED) is 0.142. The highest BCUT2D eigenvalue weighted by molar-refractivity contribution is 7.27. The molecule has 9 heterocycles. The Labute approximate surface area is 770 Å². The summed E-state index contributed by atoms with van der Waals surface area (Å²) < 4.78 is 18.2. The first-order valence-electron chi connectivity index (χ1n) is 45.2. The summed E-state index contributed by atoms with van der Waals surface area (Å²) in [5.41, 5.74) is 26.1. The molecule has 0 N–H and O–H groups in total. The van der Waals surface area contributed by atoms with E-state index in [9.17, 15) is 0 Å². The van der Waals surface area contributed by atoms with Crippen LogP contribution in [0.2, 0.25) is 0 Å². The lowest BCUT2D eigenvalue weighted by atomic mass is 9.99. The molecular weight excluding hydrogens is 1650 g/mol. The summed E-state index contributed by atoms with van der Waals surface area (Å²) in [6.45, 7) is 0. The monoisotopic (exact) mass is 1730 g/mol. The molecular formula is C122H74N10OS. The number of furan rings is 1. The number of rotatable bonds is 9. The second-order valence-corrected chi connectivity index (χ2v) is 35.3. The lowest BCUT2D eigenvalue weighted by Gasteiger charge is -2.14.